The molecule has 0 aromatic carbocycles. The smallest absolute Gasteiger partial charge is 0.267 e. The third-order valence-electron chi connectivity index (χ3n) is 4.07. The molecule has 0 aliphatic carbocycles. The van der Waals surface area contributed by atoms with Gasteiger partial charge in [-0.1, -0.05) is 18.0 Å². The number of carbonyl (C=O) groups is 1. The molecule has 1 saturated heterocycles. The van der Waals surface area contributed by atoms with E-state index in [0.29, 0.717) is 23.3 Å². The van der Waals surface area contributed by atoms with Gasteiger partial charge in [0.2, 0.25) is 0 Å². The minimum atomic E-state index is -0.0956. The van der Waals surface area contributed by atoms with Crippen LogP contribution in [0.5, 0.6) is 0 Å². The number of nitrogens with one attached hydrogen (secondary N) is 1. The number of aryl methyl sites for hydroxylation is 1. The van der Waals surface area contributed by atoms with Crippen molar-refractivity contribution in [3.8, 4) is 0 Å². The average molecular weight is 314 g/mol. The molecule has 1 aliphatic rings. The van der Waals surface area contributed by atoms with Gasteiger partial charge in [-0.15, -0.1) is 0 Å². The Morgan fingerprint density at radius 3 is 3.00 bits per heavy atom. The highest BCUT2D eigenvalue weighted by molar-refractivity contribution is 6.31. The summed E-state index contributed by atoms with van der Waals surface area (Å²) in [7, 11) is 1.81. The van der Waals surface area contributed by atoms with Gasteiger partial charge in [-0.2, -0.15) is 0 Å². The van der Waals surface area contributed by atoms with Crippen LogP contribution in [-0.2, 0) is 7.05 Å². The molecular formula is C15H24ClN3O2. The molecule has 2 N–H and O–H groups in total. The summed E-state index contributed by atoms with van der Waals surface area (Å²) in [5, 5.41) is 12.9. The Morgan fingerprint density at radius 2 is 2.33 bits per heavy atom. The van der Waals surface area contributed by atoms with Gasteiger partial charge in [-0.05, 0) is 31.9 Å². The number of aliphatic hydroxyl groups excluding tert-OH is 1. The highest BCUT2D eigenvalue weighted by Crippen LogP contribution is 2.16. The number of aliphatic hydroxyl groups is 1. The van der Waals surface area contributed by atoms with Crippen LogP contribution in [0.3, 0.4) is 0 Å². The first-order valence-electron chi connectivity index (χ1n) is 7.57. The summed E-state index contributed by atoms with van der Waals surface area (Å²) in [5.41, 5.74) is 0.575. The van der Waals surface area contributed by atoms with Gasteiger partial charge in [-0.3, -0.25) is 9.69 Å². The quantitative estimate of drug-likeness (QED) is 0.785. The number of nitrogens with zero attached hydrogens (tertiary/aromatic N) is 2. The van der Waals surface area contributed by atoms with E-state index in [1.807, 2.05) is 0 Å². The SMILES string of the molecule is Cn1cc(Cl)cc1C(=O)NCCCN1CCCC[C@@H]1CO. The summed E-state index contributed by atoms with van der Waals surface area (Å²) in [4.78, 5) is 14.3. The van der Waals surface area contributed by atoms with Crippen LogP contribution in [0.2, 0.25) is 5.02 Å². The maximum atomic E-state index is 12.0. The first-order valence-corrected chi connectivity index (χ1v) is 7.94. The summed E-state index contributed by atoms with van der Waals surface area (Å²) in [6, 6.07) is 1.96. The zero-order valence-electron chi connectivity index (χ0n) is 12.5. The molecule has 1 aromatic heterocycles. The third-order valence-corrected chi connectivity index (χ3v) is 4.28. The van der Waals surface area contributed by atoms with Crippen molar-refractivity contribution in [2.75, 3.05) is 26.2 Å². The Balaban J connectivity index is 1.72. The summed E-state index contributed by atoms with van der Waals surface area (Å²) < 4.78 is 1.73. The van der Waals surface area contributed by atoms with Gasteiger partial charge in [0.25, 0.3) is 5.91 Å². The van der Waals surface area contributed by atoms with E-state index in [4.69, 9.17) is 11.6 Å². The Hall–Kier alpha value is -1.04. The van der Waals surface area contributed by atoms with Gasteiger partial charge >= 0.3 is 0 Å². The van der Waals surface area contributed by atoms with Crippen molar-refractivity contribution in [2.45, 2.75) is 31.7 Å². The number of aromatic nitrogens is 1. The Bertz CT molecular complexity index is 475. The predicted octanol–water partition coefficient (Wildman–Crippen LogP) is 1.65. The van der Waals surface area contributed by atoms with Crippen LogP contribution >= 0.6 is 11.6 Å². The molecule has 6 heteroatoms. The lowest BCUT2D eigenvalue weighted by Crippen LogP contribution is -2.43. The number of hydrogen-bond acceptors (Lipinski definition) is 3. The summed E-state index contributed by atoms with van der Waals surface area (Å²) in [5.74, 6) is -0.0956. The Kier molecular flexibility index (Phi) is 6.08. The van der Waals surface area contributed by atoms with Crippen molar-refractivity contribution in [2.24, 2.45) is 7.05 Å². The van der Waals surface area contributed by atoms with Crippen LogP contribution < -0.4 is 5.32 Å². The molecule has 21 heavy (non-hydrogen) atoms. The van der Waals surface area contributed by atoms with Crippen LogP contribution in [0.4, 0.5) is 0 Å². The topological polar surface area (TPSA) is 57.5 Å². The number of amides is 1. The van der Waals surface area contributed by atoms with E-state index in [-0.39, 0.29) is 12.5 Å². The summed E-state index contributed by atoms with van der Waals surface area (Å²) >= 11 is 5.87. The van der Waals surface area contributed by atoms with Crippen molar-refractivity contribution in [1.82, 2.24) is 14.8 Å². The van der Waals surface area contributed by atoms with Gasteiger partial charge in [0.15, 0.2) is 0 Å². The van der Waals surface area contributed by atoms with E-state index < -0.39 is 0 Å². The molecule has 0 spiro atoms. The number of piperidine rings is 1. The fraction of sp³-hybridized carbons (Fsp3) is 0.667. The minimum absolute atomic E-state index is 0.0956. The van der Waals surface area contributed by atoms with Crippen LogP contribution in [-0.4, -0.2) is 52.8 Å². The number of halogens is 1. The van der Waals surface area contributed by atoms with Gasteiger partial charge in [0.1, 0.15) is 5.69 Å². The molecule has 0 saturated carbocycles. The van der Waals surface area contributed by atoms with Crippen LogP contribution in [0.1, 0.15) is 36.2 Å². The molecule has 0 radical (unpaired) electrons. The van der Waals surface area contributed by atoms with E-state index in [2.05, 4.69) is 10.2 Å². The fourth-order valence-electron chi connectivity index (χ4n) is 2.89. The molecule has 1 fully saturated rings. The zero-order valence-corrected chi connectivity index (χ0v) is 13.3. The molecule has 2 heterocycles. The summed E-state index contributed by atoms with van der Waals surface area (Å²) in [6.07, 6.45) is 6.08. The van der Waals surface area contributed by atoms with E-state index in [0.717, 1.165) is 25.9 Å². The van der Waals surface area contributed by atoms with E-state index in [9.17, 15) is 9.90 Å². The lowest BCUT2D eigenvalue weighted by atomic mass is 10.0. The van der Waals surface area contributed by atoms with E-state index >= 15 is 0 Å². The first kappa shape index (κ1) is 16.3. The van der Waals surface area contributed by atoms with Gasteiger partial charge in [0, 0.05) is 32.4 Å². The average Bonchev–Trinajstić information content (AvgIpc) is 2.82. The minimum Gasteiger partial charge on any atom is -0.395 e. The maximum absolute atomic E-state index is 12.0. The second kappa shape index (κ2) is 7.82. The number of hydrogen-bond donors (Lipinski definition) is 2. The molecule has 0 bridgehead atoms. The molecule has 1 aromatic rings. The van der Waals surface area contributed by atoms with Crippen molar-refractivity contribution in [1.29, 1.82) is 0 Å². The second-order valence-corrected chi connectivity index (χ2v) is 6.07. The van der Waals surface area contributed by atoms with Crippen molar-refractivity contribution in [3.63, 3.8) is 0 Å². The largest absolute Gasteiger partial charge is 0.395 e. The van der Waals surface area contributed by atoms with E-state index in [1.165, 1.54) is 12.8 Å². The van der Waals surface area contributed by atoms with Gasteiger partial charge in [-0.25, -0.2) is 0 Å². The fourth-order valence-corrected chi connectivity index (χ4v) is 3.14. The molecule has 0 unspecified atom stereocenters. The highest BCUT2D eigenvalue weighted by Gasteiger charge is 2.20. The normalized spacial score (nSPS) is 19.7. The van der Waals surface area contributed by atoms with Gasteiger partial charge < -0.3 is 15.0 Å². The molecule has 5 nitrogen and oxygen atoms in total. The molecule has 1 amide bonds. The van der Waals surface area contributed by atoms with Crippen LogP contribution in [0, 0.1) is 0 Å². The number of carbonyl (C=O) groups excluding carboxylic acids is 1. The Morgan fingerprint density at radius 1 is 1.52 bits per heavy atom. The second-order valence-electron chi connectivity index (χ2n) is 5.63. The monoisotopic (exact) mass is 313 g/mol. The number of likely N-dealkylation sites (tertiary alicyclic amines) is 1. The summed E-state index contributed by atoms with van der Waals surface area (Å²) in [6.45, 7) is 2.83. The van der Waals surface area contributed by atoms with Gasteiger partial charge in [0.05, 0.1) is 11.6 Å². The van der Waals surface area contributed by atoms with Crippen molar-refractivity contribution < 1.29 is 9.90 Å². The third kappa shape index (κ3) is 4.46. The highest BCUT2D eigenvalue weighted by atomic mass is 35.5. The first-order chi connectivity index (χ1) is 10.1. The van der Waals surface area contributed by atoms with Crippen LogP contribution in [0.15, 0.2) is 12.3 Å². The molecule has 2 rings (SSSR count). The van der Waals surface area contributed by atoms with E-state index in [1.54, 1.807) is 23.9 Å². The zero-order chi connectivity index (χ0) is 15.2. The Labute approximate surface area is 130 Å². The van der Waals surface area contributed by atoms with Crippen molar-refractivity contribution in [3.05, 3.63) is 23.0 Å². The molecular weight excluding hydrogens is 290 g/mol. The van der Waals surface area contributed by atoms with Crippen LogP contribution in [0.25, 0.3) is 0 Å². The molecule has 118 valence electrons. The number of rotatable bonds is 6. The maximum Gasteiger partial charge on any atom is 0.267 e. The predicted molar refractivity (Wildman–Crippen MR) is 83.7 cm³/mol. The molecule has 1 atom stereocenters. The lowest BCUT2D eigenvalue weighted by molar-refractivity contribution is 0.0866. The molecule has 1 aliphatic heterocycles. The van der Waals surface area contributed by atoms with Crippen molar-refractivity contribution >= 4 is 17.5 Å². The lowest BCUT2D eigenvalue weighted by Gasteiger charge is -2.34. The standard InChI is InChI=1S/C15H24ClN3O2/c1-18-10-12(16)9-14(18)15(21)17-6-4-8-19-7-3-2-5-13(19)11-20/h9-10,13,20H,2-8,11H2,1H3,(H,17,21)/t13-/m1/s1.